The molecule has 1 saturated carbocycles. The van der Waals surface area contributed by atoms with Crippen molar-refractivity contribution < 1.29 is 23.8 Å². The van der Waals surface area contributed by atoms with Crippen LogP contribution in [-0.4, -0.2) is 24.1 Å². The molecule has 29 heavy (non-hydrogen) atoms. The number of hydrogen-bond acceptors (Lipinski definition) is 5. The Morgan fingerprint density at radius 2 is 1.69 bits per heavy atom. The van der Waals surface area contributed by atoms with Crippen molar-refractivity contribution in [3.63, 3.8) is 0 Å². The van der Waals surface area contributed by atoms with Gasteiger partial charge in [0.05, 0.1) is 12.5 Å². The van der Waals surface area contributed by atoms with Gasteiger partial charge in [0, 0.05) is 0 Å². The van der Waals surface area contributed by atoms with Crippen LogP contribution in [0.15, 0.2) is 54.6 Å². The Kier molecular flexibility index (Phi) is 5.96. The van der Waals surface area contributed by atoms with Crippen molar-refractivity contribution in [1.82, 2.24) is 0 Å². The molecule has 1 aliphatic rings. The molecule has 0 radical (unpaired) electrons. The highest BCUT2D eigenvalue weighted by Gasteiger charge is 2.67. The van der Waals surface area contributed by atoms with Crippen LogP contribution in [0.3, 0.4) is 0 Å². The van der Waals surface area contributed by atoms with Crippen molar-refractivity contribution in [3.05, 3.63) is 65.7 Å². The van der Waals surface area contributed by atoms with Gasteiger partial charge in [0.2, 0.25) is 0 Å². The number of hydrogen-bond donors (Lipinski definition) is 0. The molecule has 1 unspecified atom stereocenters. The Bertz CT molecular complexity index is 851. The maximum atomic E-state index is 12.7. The van der Waals surface area contributed by atoms with Crippen LogP contribution in [0.5, 0.6) is 5.75 Å². The van der Waals surface area contributed by atoms with E-state index in [9.17, 15) is 9.59 Å². The smallest absolute Gasteiger partial charge is 0.317 e. The van der Waals surface area contributed by atoms with Crippen LogP contribution < -0.4 is 4.74 Å². The molecule has 0 bridgehead atoms. The molecule has 0 aliphatic heterocycles. The Hall–Kier alpha value is -2.82. The average Bonchev–Trinajstić information content (AvgIpc) is 3.44. The van der Waals surface area contributed by atoms with Crippen LogP contribution in [-0.2, 0) is 31.1 Å². The fraction of sp³-hybridized carbons (Fsp3) is 0.417. The molecule has 2 atom stereocenters. The van der Waals surface area contributed by atoms with E-state index < -0.39 is 16.9 Å². The van der Waals surface area contributed by atoms with Crippen molar-refractivity contribution in [3.8, 4) is 5.75 Å². The van der Waals surface area contributed by atoms with Crippen molar-refractivity contribution in [2.24, 2.45) is 5.92 Å². The van der Waals surface area contributed by atoms with Crippen LogP contribution >= 0.6 is 0 Å². The lowest BCUT2D eigenvalue weighted by molar-refractivity contribution is -0.160. The zero-order valence-corrected chi connectivity index (χ0v) is 17.4. The molecular formula is C24H28O5. The Morgan fingerprint density at radius 3 is 2.28 bits per heavy atom. The average molecular weight is 396 g/mol. The van der Waals surface area contributed by atoms with Crippen molar-refractivity contribution in [1.29, 1.82) is 0 Å². The molecule has 0 aromatic heterocycles. The lowest BCUT2D eigenvalue weighted by Crippen LogP contribution is -2.31. The highest BCUT2D eigenvalue weighted by molar-refractivity contribution is 5.96. The van der Waals surface area contributed by atoms with Crippen LogP contribution in [0.25, 0.3) is 0 Å². The monoisotopic (exact) mass is 396 g/mol. The van der Waals surface area contributed by atoms with Gasteiger partial charge >= 0.3 is 11.9 Å². The molecule has 2 aromatic carbocycles. The summed E-state index contributed by atoms with van der Waals surface area (Å²) < 4.78 is 16.6. The van der Waals surface area contributed by atoms with Crippen LogP contribution in [0.1, 0.15) is 45.2 Å². The van der Waals surface area contributed by atoms with Gasteiger partial charge in [-0.15, -0.1) is 0 Å². The molecule has 0 spiro atoms. The Labute approximate surface area is 172 Å². The third kappa shape index (κ3) is 4.78. The molecule has 1 aliphatic carbocycles. The van der Waals surface area contributed by atoms with E-state index in [0.717, 1.165) is 11.1 Å². The van der Waals surface area contributed by atoms with Gasteiger partial charge in [0.1, 0.15) is 23.4 Å². The minimum Gasteiger partial charge on any atom is -0.489 e. The van der Waals surface area contributed by atoms with Gasteiger partial charge in [-0.05, 0) is 57.4 Å². The van der Waals surface area contributed by atoms with Crippen molar-refractivity contribution in [2.45, 2.75) is 51.7 Å². The lowest BCUT2D eigenvalue weighted by Gasteiger charge is -2.21. The number of carbonyl (C=O) groups excluding carboxylic acids is 2. The molecule has 3 rings (SSSR count). The topological polar surface area (TPSA) is 61.8 Å². The van der Waals surface area contributed by atoms with Crippen LogP contribution in [0, 0.1) is 5.92 Å². The van der Waals surface area contributed by atoms with E-state index in [1.54, 1.807) is 6.92 Å². The summed E-state index contributed by atoms with van der Waals surface area (Å²) in [4.78, 5) is 25.3. The SMILES string of the molecule is CCOC(=O)[C@@]1(c2ccc(OCc3ccccc3)cc2)CC1C(=O)OC(C)(C)C. The normalized spacial score (nSPS) is 20.6. The lowest BCUT2D eigenvalue weighted by atomic mass is 9.93. The Morgan fingerprint density at radius 1 is 1.03 bits per heavy atom. The predicted octanol–water partition coefficient (Wildman–Crippen LogP) is 4.43. The summed E-state index contributed by atoms with van der Waals surface area (Å²) in [6, 6.07) is 17.2. The zero-order chi connectivity index (χ0) is 21.1. The third-order valence-electron chi connectivity index (χ3n) is 4.91. The first kappa shape index (κ1) is 20.9. The van der Waals surface area contributed by atoms with Gasteiger partial charge < -0.3 is 14.2 Å². The summed E-state index contributed by atoms with van der Waals surface area (Å²) in [6.45, 7) is 7.94. The fourth-order valence-electron chi connectivity index (χ4n) is 3.43. The van der Waals surface area contributed by atoms with E-state index in [-0.39, 0.29) is 18.5 Å². The number of carbonyl (C=O) groups is 2. The summed E-state index contributed by atoms with van der Waals surface area (Å²) in [6.07, 6.45) is 0.394. The maximum Gasteiger partial charge on any atom is 0.317 e. The molecule has 1 fully saturated rings. The molecule has 5 heteroatoms. The first-order valence-corrected chi connectivity index (χ1v) is 9.93. The molecule has 0 amide bonds. The summed E-state index contributed by atoms with van der Waals surface area (Å²) in [5, 5.41) is 0. The highest BCUT2D eigenvalue weighted by Crippen LogP contribution is 2.56. The molecule has 2 aromatic rings. The standard InChI is InChI=1S/C24H28O5/c1-5-27-22(26)24(15-20(24)21(25)29-23(2,3)4)18-11-13-19(14-12-18)28-16-17-9-7-6-8-10-17/h6-14,20H,5,15-16H2,1-4H3/t20?,24-/m1/s1. The molecule has 5 nitrogen and oxygen atoms in total. The number of rotatable bonds is 7. The van der Waals surface area contributed by atoms with Crippen LogP contribution in [0.4, 0.5) is 0 Å². The number of ether oxygens (including phenoxy) is 3. The van der Waals surface area contributed by atoms with Gasteiger partial charge in [0.15, 0.2) is 0 Å². The van der Waals surface area contributed by atoms with Crippen LogP contribution in [0.2, 0.25) is 0 Å². The summed E-state index contributed by atoms with van der Waals surface area (Å²) >= 11 is 0. The van der Waals surface area contributed by atoms with Gasteiger partial charge in [0.25, 0.3) is 0 Å². The first-order valence-electron chi connectivity index (χ1n) is 9.93. The van der Waals surface area contributed by atoms with Gasteiger partial charge in [-0.25, -0.2) is 0 Å². The maximum absolute atomic E-state index is 12.7. The summed E-state index contributed by atoms with van der Waals surface area (Å²) in [5.41, 5.74) is 0.247. The molecular weight excluding hydrogens is 368 g/mol. The van der Waals surface area contributed by atoms with Gasteiger partial charge in [-0.1, -0.05) is 42.5 Å². The van der Waals surface area contributed by atoms with E-state index in [1.165, 1.54) is 0 Å². The van der Waals surface area contributed by atoms with Gasteiger partial charge in [-0.3, -0.25) is 9.59 Å². The first-order chi connectivity index (χ1) is 13.8. The summed E-state index contributed by atoms with van der Waals surface area (Å²) in [7, 11) is 0. The van der Waals surface area contributed by atoms with Crippen molar-refractivity contribution >= 4 is 11.9 Å². The van der Waals surface area contributed by atoms with Crippen molar-refractivity contribution in [2.75, 3.05) is 6.61 Å². The molecule has 0 saturated heterocycles. The quantitative estimate of drug-likeness (QED) is 0.648. The third-order valence-corrected chi connectivity index (χ3v) is 4.91. The number of benzene rings is 2. The second-order valence-electron chi connectivity index (χ2n) is 8.28. The van der Waals surface area contributed by atoms with E-state index >= 15 is 0 Å². The fourth-order valence-corrected chi connectivity index (χ4v) is 3.43. The number of esters is 2. The largest absolute Gasteiger partial charge is 0.489 e. The zero-order valence-electron chi connectivity index (χ0n) is 17.4. The molecule has 0 heterocycles. The highest BCUT2D eigenvalue weighted by atomic mass is 16.6. The summed E-state index contributed by atoms with van der Waals surface area (Å²) in [5.74, 6) is -0.577. The van der Waals surface area contributed by atoms with E-state index in [1.807, 2.05) is 75.4 Å². The molecule has 154 valence electrons. The minimum absolute atomic E-state index is 0.264. The second kappa shape index (κ2) is 8.27. The van der Waals surface area contributed by atoms with E-state index in [2.05, 4.69) is 0 Å². The van der Waals surface area contributed by atoms with E-state index in [4.69, 9.17) is 14.2 Å². The van der Waals surface area contributed by atoms with Gasteiger partial charge in [-0.2, -0.15) is 0 Å². The molecule has 0 N–H and O–H groups in total. The Balaban J connectivity index is 1.75. The predicted molar refractivity (Wildman–Crippen MR) is 109 cm³/mol. The second-order valence-corrected chi connectivity index (χ2v) is 8.28. The van der Waals surface area contributed by atoms with E-state index in [0.29, 0.717) is 18.8 Å². The minimum atomic E-state index is -0.976.